The highest BCUT2D eigenvalue weighted by molar-refractivity contribution is 7.92. The van der Waals surface area contributed by atoms with Crippen LogP contribution in [0.15, 0.2) is 76.7 Å². The van der Waals surface area contributed by atoms with Crippen molar-refractivity contribution in [3.8, 4) is 5.75 Å². The summed E-state index contributed by atoms with van der Waals surface area (Å²) in [6.07, 6.45) is 1.51. The Bertz CT molecular complexity index is 1210. The number of ether oxygens (including phenoxy) is 1. The molecule has 0 aliphatic carbocycles. The van der Waals surface area contributed by atoms with Crippen LogP contribution in [0.5, 0.6) is 5.75 Å². The summed E-state index contributed by atoms with van der Waals surface area (Å²) in [6, 6.07) is 17.3. The zero-order valence-electron chi connectivity index (χ0n) is 16.8. The van der Waals surface area contributed by atoms with Gasteiger partial charge in [-0.3, -0.25) is 20.3 Å². The highest BCUT2D eigenvalue weighted by Gasteiger charge is 2.21. The molecule has 0 heterocycles. The van der Waals surface area contributed by atoms with Crippen molar-refractivity contribution >= 4 is 33.3 Å². The largest absolute Gasteiger partial charge is 0.497 e. The number of hydrogen-bond acceptors (Lipinski definition) is 7. The van der Waals surface area contributed by atoms with E-state index in [9.17, 15) is 18.5 Å². The van der Waals surface area contributed by atoms with E-state index in [0.717, 1.165) is 17.2 Å². The van der Waals surface area contributed by atoms with Gasteiger partial charge in [0.05, 0.1) is 23.1 Å². The predicted octanol–water partition coefficient (Wildman–Crippen LogP) is 4.16. The number of hydrogen-bond donors (Lipinski definition) is 2. The third-order valence-corrected chi connectivity index (χ3v) is 5.67. The third-order valence-electron chi connectivity index (χ3n) is 4.29. The third kappa shape index (κ3) is 5.58. The van der Waals surface area contributed by atoms with E-state index < -0.39 is 20.6 Å². The van der Waals surface area contributed by atoms with Gasteiger partial charge in [-0.25, -0.2) is 8.42 Å². The Morgan fingerprint density at radius 2 is 1.71 bits per heavy atom. The molecule has 3 aromatic carbocycles. The molecule has 0 amide bonds. The van der Waals surface area contributed by atoms with Gasteiger partial charge in [0.25, 0.3) is 15.7 Å². The van der Waals surface area contributed by atoms with Gasteiger partial charge in [0.15, 0.2) is 0 Å². The van der Waals surface area contributed by atoms with E-state index >= 15 is 0 Å². The molecule has 3 aromatic rings. The van der Waals surface area contributed by atoms with Crippen LogP contribution in [0.1, 0.15) is 11.1 Å². The molecule has 0 unspecified atom stereocenters. The lowest BCUT2D eigenvalue weighted by Gasteiger charge is -2.10. The number of methoxy groups -OCH3 is 1. The second-order valence-electron chi connectivity index (χ2n) is 6.55. The molecule has 0 saturated carbocycles. The average Bonchev–Trinajstić information content (AvgIpc) is 2.75. The van der Waals surface area contributed by atoms with Gasteiger partial charge in [0, 0.05) is 11.8 Å². The first-order valence-electron chi connectivity index (χ1n) is 9.09. The molecule has 0 fully saturated rings. The number of nitro benzene ring substituents is 1. The summed E-state index contributed by atoms with van der Waals surface area (Å²) in [5.41, 5.74) is 4.45. The number of nitrogens with one attached hydrogen (secondary N) is 2. The van der Waals surface area contributed by atoms with Crippen molar-refractivity contribution in [3.05, 3.63) is 88.0 Å². The summed E-state index contributed by atoms with van der Waals surface area (Å²) in [6.45, 7) is 1.96. The van der Waals surface area contributed by atoms with Gasteiger partial charge in [-0.1, -0.05) is 29.8 Å². The lowest BCUT2D eigenvalue weighted by atomic mass is 10.2. The topological polar surface area (TPSA) is 123 Å². The Hall–Kier alpha value is -3.92. The van der Waals surface area contributed by atoms with Crippen molar-refractivity contribution in [2.75, 3.05) is 17.3 Å². The van der Waals surface area contributed by atoms with Gasteiger partial charge < -0.3 is 4.74 Å². The van der Waals surface area contributed by atoms with Gasteiger partial charge >= 0.3 is 0 Å². The molecule has 0 aromatic heterocycles. The Kier molecular flexibility index (Phi) is 6.51. The molecule has 0 bridgehead atoms. The zero-order chi connectivity index (χ0) is 22.4. The minimum absolute atomic E-state index is 0.0664. The van der Waals surface area contributed by atoms with Crippen LogP contribution in [0.3, 0.4) is 0 Å². The molecular weight excluding hydrogens is 420 g/mol. The summed E-state index contributed by atoms with van der Waals surface area (Å²) in [5.74, 6) is 0.570. The molecule has 0 spiro atoms. The van der Waals surface area contributed by atoms with Gasteiger partial charge in [0.2, 0.25) is 0 Å². The summed E-state index contributed by atoms with van der Waals surface area (Å²) in [5, 5.41) is 15.5. The van der Waals surface area contributed by atoms with Crippen molar-refractivity contribution in [3.63, 3.8) is 0 Å². The molecule has 0 saturated heterocycles. The molecule has 0 atom stereocenters. The van der Waals surface area contributed by atoms with Crippen molar-refractivity contribution < 1.29 is 18.1 Å². The van der Waals surface area contributed by atoms with Crippen LogP contribution < -0.4 is 14.9 Å². The van der Waals surface area contributed by atoms with E-state index in [1.807, 2.05) is 31.2 Å². The Morgan fingerprint density at radius 1 is 1.03 bits per heavy atom. The molecule has 2 N–H and O–H groups in total. The molecule has 10 heteroatoms. The molecule has 0 aliphatic rings. The quantitative estimate of drug-likeness (QED) is 0.308. The molecule has 9 nitrogen and oxygen atoms in total. The minimum atomic E-state index is -4.03. The van der Waals surface area contributed by atoms with Crippen molar-refractivity contribution in [2.45, 2.75) is 11.8 Å². The van der Waals surface area contributed by atoms with Crippen LogP contribution in [0.2, 0.25) is 0 Å². The van der Waals surface area contributed by atoms with Crippen LogP contribution >= 0.6 is 0 Å². The van der Waals surface area contributed by atoms with E-state index in [2.05, 4.69) is 15.2 Å². The fourth-order valence-corrected chi connectivity index (χ4v) is 3.70. The lowest BCUT2D eigenvalue weighted by molar-refractivity contribution is -0.384. The average molecular weight is 440 g/mol. The normalized spacial score (nSPS) is 11.3. The maximum absolute atomic E-state index is 12.7. The summed E-state index contributed by atoms with van der Waals surface area (Å²) in [4.78, 5) is 10.6. The SMILES string of the molecule is COc1ccc(NS(=O)(=O)c2ccc(N/N=C/c3ccc(C)cc3)c([N+](=O)[O-])c2)cc1. The number of rotatable bonds is 8. The number of nitro groups is 1. The Labute approximate surface area is 179 Å². The first kappa shape index (κ1) is 21.8. The molecule has 160 valence electrons. The van der Waals surface area contributed by atoms with Gasteiger partial charge in [-0.15, -0.1) is 0 Å². The highest BCUT2D eigenvalue weighted by Crippen LogP contribution is 2.29. The summed E-state index contributed by atoms with van der Waals surface area (Å²) in [7, 11) is -2.54. The van der Waals surface area contributed by atoms with Crippen LogP contribution in [0, 0.1) is 17.0 Å². The molecule has 31 heavy (non-hydrogen) atoms. The van der Waals surface area contributed by atoms with Crippen LogP contribution in [0.25, 0.3) is 0 Å². The number of benzene rings is 3. The first-order chi connectivity index (χ1) is 14.8. The maximum Gasteiger partial charge on any atom is 0.295 e. The minimum Gasteiger partial charge on any atom is -0.497 e. The van der Waals surface area contributed by atoms with Gasteiger partial charge in [-0.2, -0.15) is 5.10 Å². The monoisotopic (exact) mass is 440 g/mol. The first-order valence-corrected chi connectivity index (χ1v) is 10.6. The number of nitrogens with zero attached hydrogens (tertiary/aromatic N) is 2. The van der Waals surface area contributed by atoms with E-state index in [-0.39, 0.29) is 10.6 Å². The van der Waals surface area contributed by atoms with E-state index in [1.54, 1.807) is 12.1 Å². The van der Waals surface area contributed by atoms with Crippen molar-refractivity contribution in [1.82, 2.24) is 0 Å². The van der Waals surface area contributed by atoms with E-state index in [4.69, 9.17) is 4.74 Å². The van der Waals surface area contributed by atoms with Crippen molar-refractivity contribution in [1.29, 1.82) is 0 Å². The molecule has 0 aliphatic heterocycles. The Morgan fingerprint density at radius 3 is 2.32 bits per heavy atom. The van der Waals surface area contributed by atoms with E-state index in [0.29, 0.717) is 11.4 Å². The number of hydrazone groups is 1. The predicted molar refractivity (Wildman–Crippen MR) is 119 cm³/mol. The van der Waals surface area contributed by atoms with Crippen LogP contribution in [0.4, 0.5) is 17.1 Å². The number of aryl methyl sites for hydroxylation is 1. The highest BCUT2D eigenvalue weighted by atomic mass is 32.2. The lowest BCUT2D eigenvalue weighted by Crippen LogP contribution is -2.13. The smallest absolute Gasteiger partial charge is 0.295 e. The van der Waals surface area contributed by atoms with Crippen LogP contribution in [-0.4, -0.2) is 26.7 Å². The summed E-state index contributed by atoms with van der Waals surface area (Å²) < 4.78 is 32.7. The van der Waals surface area contributed by atoms with Crippen LogP contribution in [-0.2, 0) is 10.0 Å². The fraction of sp³-hybridized carbons (Fsp3) is 0.0952. The fourth-order valence-electron chi connectivity index (χ4n) is 2.63. The van der Waals surface area contributed by atoms with Crippen molar-refractivity contribution in [2.24, 2.45) is 5.10 Å². The molecule has 3 rings (SSSR count). The number of sulfonamides is 1. The second kappa shape index (κ2) is 9.26. The molecule has 0 radical (unpaired) electrons. The number of anilines is 2. The van der Waals surface area contributed by atoms with Gasteiger partial charge in [0.1, 0.15) is 11.4 Å². The maximum atomic E-state index is 12.7. The molecular formula is C21H20N4O5S. The second-order valence-corrected chi connectivity index (χ2v) is 8.23. The summed E-state index contributed by atoms with van der Waals surface area (Å²) >= 11 is 0. The van der Waals surface area contributed by atoms with Gasteiger partial charge in [-0.05, 0) is 48.9 Å². The standard InChI is InChI=1S/C21H20N4O5S/c1-15-3-5-16(6-4-15)14-22-23-20-12-11-19(13-21(20)25(26)27)31(28,29)24-17-7-9-18(30-2)10-8-17/h3-14,23-24H,1-2H3/b22-14+. The van der Waals surface area contributed by atoms with E-state index in [1.165, 1.54) is 37.6 Å². The Balaban J connectivity index is 1.81. The zero-order valence-corrected chi connectivity index (χ0v) is 17.6.